The van der Waals surface area contributed by atoms with Crippen LogP contribution in [0.15, 0.2) is 53.2 Å². The molecule has 1 unspecified atom stereocenters. The number of rotatable bonds is 4. The largest absolute Gasteiger partial charge is 0.472 e. The molecule has 1 saturated heterocycles. The zero-order valence-corrected chi connectivity index (χ0v) is 15.5. The van der Waals surface area contributed by atoms with E-state index >= 15 is 0 Å². The molecule has 1 atom stereocenters. The third-order valence-corrected chi connectivity index (χ3v) is 4.89. The summed E-state index contributed by atoms with van der Waals surface area (Å²) in [6, 6.07) is 12.8. The summed E-state index contributed by atoms with van der Waals surface area (Å²) in [5, 5.41) is 4.60. The van der Waals surface area contributed by atoms with Gasteiger partial charge < -0.3 is 14.2 Å². The molecule has 1 aromatic carbocycles. The average Bonchev–Trinajstić information content (AvgIpc) is 3.29. The van der Waals surface area contributed by atoms with E-state index in [0.717, 1.165) is 6.42 Å². The summed E-state index contributed by atoms with van der Waals surface area (Å²) in [6.07, 6.45) is 2.34. The van der Waals surface area contributed by atoms with Gasteiger partial charge >= 0.3 is 0 Å². The molecule has 1 amide bonds. The van der Waals surface area contributed by atoms with E-state index in [1.807, 2.05) is 36.4 Å². The van der Waals surface area contributed by atoms with Crippen molar-refractivity contribution in [1.29, 1.82) is 0 Å². The quantitative estimate of drug-likeness (QED) is 0.681. The predicted octanol–water partition coefficient (Wildman–Crippen LogP) is 3.99. The second kappa shape index (κ2) is 7.40. The molecule has 3 heterocycles. The highest BCUT2D eigenvalue weighted by molar-refractivity contribution is 6.33. The fraction of sp³-hybridized carbons (Fsp3) is 0.250. The number of amides is 1. The molecule has 1 aliphatic heterocycles. The van der Waals surface area contributed by atoms with Crippen molar-refractivity contribution in [2.45, 2.75) is 19.4 Å². The summed E-state index contributed by atoms with van der Waals surface area (Å²) >= 11 is 6.28. The first-order valence-corrected chi connectivity index (χ1v) is 9.09. The minimum atomic E-state index is -0.129. The molecule has 3 aromatic rings. The van der Waals surface area contributed by atoms with E-state index in [1.54, 1.807) is 24.1 Å². The van der Waals surface area contributed by atoms with Gasteiger partial charge in [0.25, 0.3) is 5.91 Å². The van der Waals surface area contributed by atoms with Crippen molar-refractivity contribution in [2.75, 3.05) is 13.1 Å². The maximum Gasteiger partial charge on any atom is 0.259 e. The Kier molecular flexibility index (Phi) is 4.81. The van der Waals surface area contributed by atoms with Gasteiger partial charge in [-0.15, -0.1) is 0 Å². The van der Waals surface area contributed by atoms with Crippen LogP contribution in [-0.4, -0.2) is 40.1 Å². The Balaban J connectivity index is 1.54. The van der Waals surface area contributed by atoms with Crippen LogP contribution < -0.4 is 4.74 Å². The summed E-state index contributed by atoms with van der Waals surface area (Å²) in [7, 11) is 0. The van der Waals surface area contributed by atoms with Gasteiger partial charge in [-0.2, -0.15) is 0 Å². The summed E-state index contributed by atoms with van der Waals surface area (Å²) < 4.78 is 11.2. The molecule has 27 heavy (non-hydrogen) atoms. The van der Waals surface area contributed by atoms with E-state index in [1.165, 1.54) is 0 Å². The van der Waals surface area contributed by atoms with Gasteiger partial charge in [0.15, 0.2) is 0 Å². The van der Waals surface area contributed by atoms with Crippen LogP contribution in [-0.2, 0) is 0 Å². The first kappa shape index (κ1) is 17.5. The standard InChI is InChI=1S/C20H18ClN3O3/c1-13-18(19(23-27-13)15-6-2-3-7-16(15)21)20(25)24-11-9-14(12-24)26-17-8-4-5-10-22-17/h2-8,10,14H,9,11-12H2,1H3. The molecule has 0 aliphatic carbocycles. The van der Waals surface area contributed by atoms with Gasteiger partial charge in [-0.05, 0) is 19.1 Å². The highest BCUT2D eigenvalue weighted by atomic mass is 35.5. The minimum absolute atomic E-state index is 0.0900. The highest BCUT2D eigenvalue weighted by Crippen LogP contribution is 2.32. The van der Waals surface area contributed by atoms with E-state index in [0.29, 0.717) is 46.6 Å². The maximum absolute atomic E-state index is 13.1. The zero-order valence-electron chi connectivity index (χ0n) is 14.8. The molecule has 1 aliphatic rings. The normalized spacial score (nSPS) is 16.5. The SMILES string of the molecule is Cc1onc(-c2ccccc2Cl)c1C(=O)N1CCC(Oc2ccccn2)C1. The van der Waals surface area contributed by atoms with Gasteiger partial charge in [0.2, 0.25) is 5.88 Å². The van der Waals surface area contributed by atoms with E-state index in [-0.39, 0.29) is 12.0 Å². The zero-order chi connectivity index (χ0) is 18.8. The number of aromatic nitrogens is 2. The Morgan fingerprint density at radius 3 is 2.85 bits per heavy atom. The molecule has 0 N–H and O–H groups in total. The first-order chi connectivity index (χ1) is 13.1. The van der Waals surface area contributed by atoms with Crippen molar-refractivity contribution >= 4 is 17.5 Å². The Morgan fingerprint density at radius 1 is 1.26 bits per heavy atom. The number of aryl methyl sites for hydroxylation is 1. The van der Waals surface area contributed by atoms with Gasteiger partial charge in [-0.25, -0.2) is 4.98 Å². The van der Waals surface area contributed by atoms with Crippen molar-refractivity contribution in [3.8, 4) is 17.1 Å². The van der Waals surface area contributed by atoms with Crippen LogP contribution >= 0.6 is 11.6 Å². The number of nitrogens with zero attached hydrogens (tertiary/aromatic N) is 3. The number of benzene rings is 1. The number of halogens is 1. The topological polar surface area (TPSA) is 68.5 Å². The average molecular weight is 384 g/mol. The molecule has 2 aromatic heterocycles. The maximum atomic E-state index is 13.1. The number of likely N-dealkylation sites (tertiary alicyclic amines) is 1. The van der Waals surface area contributed by atoms with Crippen LogP contribution in [0.25, 0.3) is 11.3 Å². The lowest BCUT2D eigenvalue weighted by atomic mass is 10.1. The fourth-order valence-corrected chi connectivity index (χ4v) is 3.44. The number of hydrogen-bond acceptors (Lipinski definition) is 5. The summed E-state index contributed by atoms with van der Waals surface area (Å²) in [5.41, 5.74) is 1.60. The monoisotopic (exact) mass is 383 g/mol. The van der Waals surface area contributed by atoms with Crippen LogP contribution in [0, 0.1) is 6.92 Å². The lowest BCUT2D eigenvalue weighted by molar-refractivity contribution is 0.0770. The second-order valence-corrected chi connectivity index (χ2v) is 6.80. The van der Waals surface area contributed by atoms with E-state index in [2.05, 4.69) is 10.1 Å². The van der Waals surface area contributed by atoms with Crippen molar-refractivity contribution in [2.24, 2.45) is 0 Å². The van der Waals surface area contributed by atoms with Gasteiger partial charge in [0.05, 0.1) is 11.6 Å². The Morgan fingerprint density at radius 2 is 2.07 bits per heavy atom. The van der Waals surface area contributed by atoms with Crippen molar-refractivity contribution in [3.63, 3.8) is 0 Å². The summed E-state index contributed by atoms with van der Waals surface area (Å²) in [4.78, 5) is 19.1. The van der Waals surface area contributed by atoms with Gasteiger partial charge in [0.1, 0.15) is 23.1 Å². The smallest absolute Gasteiger partial charge is 0.259 e. The molecule has 138 valence electrons. The van der Waals surface area contributed by atoms with Gasteiger partial charge in [-0.1, -0.05) is 41.0 Å². The number of ether oxygens (including phenoxy) is 1. The highest BCUT2D eigenvalue weighted by Gasteiger charge is 2.33. The lowest BCUT2D eigenvalue weighted by Gasteiger charge is -2.17. The van der Waals surface area contributed by atoms with Crippen LogP contribution in [0.4, 0.5) is 0 Å². The Hall–Kier alpha value is -2.86. The molecule has 7 heteroatoms. The van der Waals surface area contributed by atoms with Gasteiger partial charge in [0, 0.05) is 30.8 Å². The lowest BCUT2D eigenvalue weighted by Crippen LogP contribution is -2.31. The molecule has 0 spiro atoms. The number of pyridine rings is 1. The minimum Gasteiger partial charge on any atom is -0.472 e. The Bertz CT molecular complexity index is 958. The van der Waals surface area contributed by atoms with Crippen molar-refractivity contribution in [3.05, 3.63) is 65.0 Å². The number of hydrogen-bond donors (Lipinski definition) is 0. The number of carbonyl (C=O) groups excluding carboxylic acids is 1. The summed E-state index contributed by atoms with van der Waals surface area (Å²) in [5.74, 6) is 0.912. The van der Waals surface area contributed by atoms with Crippen LogP contribution in [0.3, 0.4) is 0 Å². The molecule has 0 radical (unpaired) electrons. The Labute approximate surface area is 161 Å². The molecule has 1 fully saturated rings. The predicted molar refractivity (Wildman–Crippen MR) is 101 cm³/mol. The molecular formula is C20H18ClN3O3. The first-order valence-electron chi connectivity index (χ1n) is 8.71. The van der Waals surface area contributed by atoms with Crippen molar-refractivity contribution < 1.29 is 14.1 Å². The summed E-state index contributed by atoms with van der Waals surface area (Å²) in [6.45, 7) is 2.82. The van der Waals surface area contributed by atoms with Crippen LogP contribution in [0.2, 0.25) is 5.02 Å². The third kappa shape index (κ3) is 3.53. The van der Waals surface area contributed by atoms with Crippen LogP contribution in [0.5, 0.6) is 5.88 Å². The molecular weight excluding hydrogens is 366 g/mol. The van der Waals surface area contributed by atoms with Gasteiger partial charge in [-0.3, -0.25) is 4.79 Å². The molecule has 4 rings (SSSR count). The van der Waals surface area contributed by atoms with E-state index in [9.17, 15) is 4.79 Å². The number of carbonyl (C=O) groups is 1. The third-order valence-electron chi connectivity index (χ3n) is 4.56. The molecule has 6 nitrogen and oxygen atoms in total. The van der Waals surface area contributed by atoms with E-state index < -0.39 is 0 Å². The fourth-order valence-electron chi connectivity index (χ4n) is 3.22. The second-order valence-electron chi connectivity index (χ2n) is 6.39. The van der Waals surface area contributed by atoms with Crippen molar-refractivity contribution in [1.82, 2.24) is 15.0 Å². The van der Waals surface area contributed by atoms with Crippen LogP contribution in [0.1, 0.15) is 22.5 Å². The molecule has 0 saturated carbocycles. The van der Waals surface area contributed by atoms with E-state index in [4.69, 9.17) is 20.9 Å². The molecule has 0 bridgehead atoms.